The fourth-order valence-electron chi connectivity index (χ4n) is 2.57. The fraction of sp³-hybridized carbons (Fsp3) is 0.786. The Kier molecular flexibility index (Phi) is 5.15. The minimum Gasteiger partial charge on any atom is -0.313 e. The zero-order chi connectivity index (χ0) is 13.0. The van der Waals surface area contributed by atoms with E-state index < -0.39 is 0 Å². The van der Waals surface area contributed by atoms with Crippen LogP contribution < -0.4 is 5.32 Å². The summed E-state index contributed by atoms with van der Waals surface area (Å²) in [5, 5.41) is 4.86. The molecule has 1 aromatic heterocycles. The quantitative estimate of drug-likeness (QED) is 0.859. The van der Waals surface area contributed by atoms with Gasteiger partial charge < -0.3 is 5.32 Å². The molecule has 1 aliphatic rings. The Morgan fingerprint density at radius 3 is 2.83 bits per heavy atom. The average molecular weight is 267 g/mol. The lowest BCUT2D eigenvalue weighted by molar-refractivity contribution is 0.241. The summed E-state index contributed by atoms with van der Waals surface area (Å²) in [5.41, 5.74) is 1.20. The first-order chi connectivity index (χ1) is 8.69. The smallest absolute Gasteiger partial charge is 0.107 e. The van der Waals surface area contributed by atoms with Crippen molar-refractivity contribution in [2.24, 2.45) is 0 Å². The lowest BCUT2D eigenvalue weighted by Gasteiger charge is -2.24. The van der Waals surface area contributed by atoms with E-state index in [1.54, 1.807) is 0 Å². The summed E-state index contributed by atoms with van der Waals surface area (Å²) in [6.07, 6.45) is 3.88. The van der Waals surface area contributed by atoms with Crippen LogP contribution in [0, 0.1) is 13.8 Å². The second-order valence-corrected chi connectivity index (χ2v) is 6.57. The molecule has 0 saturated carbocycles. The maximum atomic E-state index is 4.66. The number of hydrogen-bond acceptors (Lipinski definition) is 4. The Morgan fingerprint density at radius 2 is 2.28 bits per heavy atom. The van der Waals surface area contributed by atoms with Crippen molar-refractivity contribution in [3.05, 3.63) is 15.6 Å². The predicted molar refractivity (Wildman–Crippen MR) is 78.2 cm³/mol. The predicted octanol–water partition coefficient (Wildman–Crippen LogP) is 2.72. The van der Waals surface area contributed by atoms with E-state index in [1.807, 2.05) is 11.3 Å². The summed E-state index contributed by atoms with van der Waals surface area (Å²) >= 11 is 1.85. The van der Waals surface area contributed by atoms with Gasteiger partial charge in [0, 0.05) is 17.5 Å². The summed E-state index contributed by atoms with van der Waals surface area (Å²) in [5.74, 6) is 0. The molecule has 1 N–H and O–H groups in total. The van der Waals surface area contributed by atoms with Gasteiger partial charge in [0.25, 0.3) is 0 Å². The van der Waals surface area contributed by atoms with Crippen LogP contribution in [0.1, 0.15) is 41.8 Å². The van der Waals surface area contributed by atoms with Crippen molar-refractivity contribution in [1.29, 1.82) is 0 Å². The van der Waals surface area contributed by atoms with Crippen LogP contribution in [-0.2, 0) is 6.54 Å². The van der Waals surface area contributed by atoms with Crippen LogP contribution in [0.5, 0.6) is 0 Å². The highest BCUT2D eigenvalue weighted by atomic mass is 32.1. The highest BCUT2D eigenvalue weighted by molar-refractivity contribution is 7.11. The number of aromatic nitrogens is 1. The van der Waals surface area contributed by atoms with Crippen molar-refractivity contribution < 1.29 is 0 Å². The molecule has 1 unspecified atom stereocenters. The molecule has 1 fully saturated rings. The zero-order valence-electron chi connectivity index (χ0n) is 11.8. The largest absolute Gasteiger partial charge is 0.313 e. The van der Waals surface area contributed by atoms with Gasteiger partial charge in [-0.1, -0.05) is 6.92 Å². The van der Waals surface area contributed by atoms with Crippen LogP contribution in [0.15, 0.2) is 0 Å². The van der Waals surface area contributed by atoms with Crippen LogP contribution in [-0.4, -0.2) is 35.6 Å². The van der Waals surface area contributed by atoms with Crippen LogP contribution in [0.4, 0.5) is 0 Å². The number of hydrogen-bond donors (Lipinski definition) is 1. The summed E-state index contributed by atoms with van der Waals surface area (Å²) in [6, 6.07) is 0.693. The molecule has 102 valence electrons. The van der Waals surface area contributed by atoms with Gasteiger partial charge in [0.2, 0.25) is 0 Å². The molecule has 1 atom stereocenters. The van der Waals surface area contributed by atoms with Crippen molar-refractivity contribution >= 4 is 11.3 Å². The van der Waals surface area contributed by atoms with Crippen LogP contribution in [0.25, 0.3) is 0 Å². The van der Waals surface area contributed by atoms with Gasteiger partial charge in [-0.25, -0.2) is 4.98 Å². The topological polar surface area (TPSA) is 28.2 Å². The third-order valence-corrected chi connectivity index (χ3v) is 4.67. The highest BCUT2D eigenvalue weighted by Crippen LogP contribution is 2.19. The number of aryl methyl sites for hydroxylation is 2. The molecule has 18 heavy (non-hydrogen) atoms. The number of thiazole rings is 1. The first-order valence-corrected chi connectivity index (χ1v) is 7.89. The summed E-state index contributed by atoms with van der Waals surface area (Å²) in [6.45, 7) is 11.1. The number of nitrogens with zero attached hydrogens (tertiary/aromatic N) is 2. The normalized spacial score (nSPS) is 19.9. The van der Waals surface area contributed by atoms with Gasteiger partial charge in [0.1, 0.15) is 5.01 Å². The van der Waals surface area contributed by atoms with Crippen molar-refractivity contribution in [2.45, 2.75) is 52.6 Å². The van der Waals surface area contributed by atoms with E-state index in [9.17, 15) is 0 Å². The second-order valence-electron chi connectivity index (χ2n) is 5.28. The van der Waals surface area contributed by atoms with Crippen molar-refractivity contribution in [2.75, 3.05) is 19.6 Å². The Hall–Kier alpha value is -0.450. The lowest BCUT2D eigenvalue weighted by atomic mass is 10.2. The Morgan fingerprint density at radius 1 is 1.44 bits per heavy atom. The summed E-state index contributed by atoms with van der Waals surface area (Å²) in [7, 11) is 0. The molecule has 0 aromatic carbocycles. The van der Waals surface area contributed by atoms with Crippen LogP contribution in [0.2, 0.25) is 0 Å². The molecule has 0 radical (unpaired) electrons. The summed E-state index contributed by atoms with van der Waals surface area (Å²) in [4.78, 5) is 8.58. The molecule has 4 heteroatoms. The Labute approximate surface area is 115 Å². The first-order valence-electron chi connectivity index (χ1n) is 7.07. The van der Waals surface area contributed by atoms with Gasteiger partial charge >= 0.3 is 0 Å². The fourth-order valence-corrected chi connectivity index (χ4v) is 3.55. The van der Waals surface area contributed by atoms with Crippen molar-refractivity contribution in [1.82, 2.24) is 15.2 Å². The first kappa shape index (κ1) is 14.0. The third kappa shape index (κ3) is 3.77. The average Bonchev–Trinajstić information content (AvgIpc) is 2.91. The van der Waals surface area contributed by atoms with Crippen molar-refractivity contribution in [3.63, 3.8) is 0 Å². The Bertz CT molecular complexity index is 350. The minimum absolute atomic E-state index is 0.693. The van der Waals surface area contributed by atoms with E-state index in [1.165, 1.54) is 54.5 Å². The molecular formula is C14H25N3S. The van der Waals surface area contributed by atoms with Gasteiger partial charge in [-0.05, 0) is 46.2 Å². The zero-order valence-corrected chi connectivity index (χ0v) is 12.6. The third-order valence-electron chi connectivity index (χ3n) is 3.61. The molecule has 1 saturated heterocycles. The van der Waals surface area contributed by atoms with E-state index in [2.05, 4.69) is 36.0 Å². The maximum Gasteiger partial charge on any atom is 0.107 e. The molecule has 2 heterocycles. The van der Waals surface area contributed by atoms with Gasteiger partial charge in [-0.2, -0.15) is 0 Å². The van der Waals surface area contributed by atoms with Crippen LogP contribution >= 0.6 is 11.3 Å². The molecule has 0 aliphatic carbocycles. The molecular weight excluding hydrogens is 242 g/mol. The van der Waals surface area contributed by atoms with Crippen LogP contribution in [0.3, 0.4) is 0 Å². The molecule has 0 bridgehead atoms. The molecule has 0 spiro atoms. The van der Waals surface area contributed by atoms with Gasteiger partial charge in [-0.3, -0.25) is 4.90 Å². The van der Waals surface area contributed by atoms with Gasteiger partial charge in [0.05, 0.1) is 12.2 Å². The minimum atomic E-state index is 0.693. The van der Waals surface area contributed by atoms with Gasteiger partial charge in [-0.15, -0.1) is 11.3 Å². The maximum absolute atomic E-state index is 4.66. The van der Waals surface area contributed by atoms with E-state index in [0.717, 1.165) is 6.54 Å². The SMILES string of the molecule is CCCN(Cc1nc(C)c(C)s1)CC1CCCN1. The Balaban J connectivity index is 1.92. The second kappa shape index (κ2) is 6.64. The van der Waals surface area contributed by atoms with E-state index in [4.69, 9.17) is 0 Å². The van der Waals surface area contributed by atoms with Gasteiger partial charge in [0.15, 0.2) is 0 Å². The molecule has 2 rings (SSSR count). The number of rotatable bonds is 6. The molecule has 0 amide bonds. The lowest BCUT2D eigenvalue weighted by Crippen LogP contribution is -2.37. The monoisotopic (exact) mass is 267 g/mol. The van der Waals surface area contributed by atoms with E-state index in [0.29, 0.717) is 6.04 Å². The standard InChI is InChI=1S/C14H25N3S/c1-4-8-17(9-13-6-5-7-15-13)10-14-16-11(2)12(3)18-14/h13,15H,4-10H2,1-3H3. The van der Waals surface area contributed by atoms with E-state index >= 15 is 0 Å². The highest BCUT2D eigenvalue weighted by Gasteiger charge is 2.18. The molecule has 1 aromatic rings. The number of nitrogens with one attached hydrogen (secondary N) is 1. The summed E-state index contributed by atoms with van der Waals surface area (Å²) < 4.78 is 0. The molecule has 3 nitrogen and oxygen atoms in total. The van der Waals surface area contributed by atoms with E-state index in [-0.39, 0.29) is 0 Å². The molecule has 1 aliphatic heterocycles. The van der Waals surface area contributed by atoms with Crippen molar-refractivity contribution in [3.8, 4) is 0 Å².